The Bertz CT molecular complexity index is 927. The van der Waals surface area contributed by atoms with Crippen molar-refractivity contribution >= 4 is 23.2 Å². The first-order chi connectivity index (χ1) is 12.6. The van der Waals surface area contributed by atoms with E-state index in [2.05, 4.69) is 15.3 Å². The molecule has 1 heterocycles. The van der Waals surface area contributed by atoms with Crippen molar-refractivity contribution in [3.63, 3.8) is 0 Å². The van der Waals surface area contributed by atoms with Crippen molar-refractivity contribution in [2.24, 2.45) is 0 Å². The van der Waals surface area contributed by atoms with Crippen molar-refractivity contribution in [3.05, 3.63) is 76.8 Å². The van der Waals surface area contributed by atoms with Gasteiger partial charge in [-0.15, -0.1) is 0 Å². The molecule has 0 aliphatic rings. The van der Waals surface area contributed by atoms with Gasteiger partial charge in [0, 0.05) is 11.9 Å². The summed E-state index contributed by atoms with van der Waals surface area (Å²) in [4.78, 5) is 20.9. The zero-order valence-electron chi connectivity index (χ0n) is 14.5. The molecular weight excluding hydrogens is 350 g/mol. The van der Waals surface area contributed by atoms with Crippen molar-refractivity contribution in [3.8, 4) is 11.5 Å². The van der Waals surface area contributed by atoms with Gasteiger partial charge in [0.15, 0.2) is 0 Å². The highest BCUT2D eigenvalue weighted by atomic mass is 35.5. The molecule has 2 aromatic carbocycles. The van der Waals surface area contributed by atoms with Gasteiger partial charge in [-0.3, -0.25) is 4.79 Å². The summed E-state index contributed by atoms with van der Waals surface area (Å²) >= 11 is 6.09. The third-order valence-electron chi connectivity index (χ3n) is 3.74. The molecule has 5 nitrogen and oxygen atoms in total. The summed E-state index contributed by atoms with van der Waals surface area (Å²) in [6.07, 6.45) is 2.22. The molecule has 0 atom stereocenters. The van der Waals surface area contributed by atoms with E-state index in [9.17, 15) is 4.79 Å². The molecule has 0 bridgehead atoms. The summed E-state index contributed by atoms with van der Waals surface area (Å²) < 4.78 is 5.74. The minimum atomic E-state index is -0.235. The number of anilines is 1. The molecule has 0 fully saturated rings. The van der Waals surface area contributed by atoms with E-state index in [1.165, 1.54) is 0 Å². The molecule has 0 saturated carbocycles. The molecule has 132 valence electrons. The van der Waals surface area contributed by atoms with Gasteiger partial charge in [0.25, 0.3) is 5.91 Å². The normalized spacial score (nSPS) is 10.4. The summed E-state index contributed by atoms with van der Waals surface area (Å²) in [5, 5.41) is 3.39. The molecule has 3 aromatic rings. The number of nitrogens with zero attached hydrogens (tertiary/aromatic N) is 2. The molecule has 0 spiro atoms. The lowest BCUT2D eigenvalue weighted by Gasteiger charge is -2.10. The van der Waals surface area contributed by atoms with Crippen LogP contribution in [0, 0.1) is 6.92 Å². The quantitative estimate of drug-likeness (QED) is 0.685. The number of nitrogens with one attached hydrogen (secondary N) is 1. The van der Waals surface area contributed by atoms with E-state index in [1.54, 1.807) is 49.5 Å². The van der Waals surface area contributed by atoms with Crippen LogP contribution in [0.1, 0.15) is 28.8 Å². The summed E-state index contributed by atoms with van der Waals surface area (Å²) in [6.45, 7) is 3.76. The molecule has 0 aliphatic heterocycles. The second-order valence-electron chi connectivity index (χ2n) is 5.64. The number of carbonyl (C=O) groups is 1. The van der Waals surface area contributed by atoms with Crippen LogP contribution in [0.4, 0.5) is 5.69 Å². The third-order valence-corrected chi connectivity index (χ3v) is 4.06. The van der Waals surface area contributed by atoms with Gasteiger partial charge in [0.1, 0.15) is 17.3 Å². The zero-order valence-corrected chi connectivity index (χ0v) is 15.2. The lowest BCUT2D eigenvalue weighted by atomic mass is 10.1. The standard InChI is InChI=1S/C20H18ClN3O2/c1-3-18-16(12-22-13(2)23-18)20(25)24-14-8-10-15(11-9-14)26-19-7-5-4-6-17(19)21/h4-12H,3H2,1-2H3,(H,24,25). The lowest BCUT2D eigenvalue weighted by Crippen LogP contribution is -2.16. The van der Waals surface area contributed by atoms with Crippen LogP contribution in [0.25, 0.3) is 0 Å². The highest BCUT2D eigenvalue weighted by molar-refractivity contribution is 6.32. The number of aryl methyl sites for hydroxylation is 2. The Balaban J connectivity index is 1.71. The Labute approximate surface area is 157 Å². The van der Waals surface area contributed by atoms with Crippen LogP contribution in [-0.2, 0) is 6.42 Å². The maximum absolute atomic E-state index is 12.5. The number of ether oxygens (including phenoxy) is 1. The zero-order chi connectivity index (χ0) is 18.5. The first-order valence-corrected chi connectivity index (χ1v) is 8.61. The predicted molar refractivity (Wildman–Crippen MR) is 102 cm³/mol. The van der Waals surface area contributed by atoms with Gasteiger partial charge in [0.2, 0.25) is 0 Å². The second kappa shape index (κ2) is 7.97. The fourth-order valence-electron chi connectivity index (χ4n) is 2.44. The monoisotopic (exact) mass is 367 g/mol. The van der Waals surface area contributed by atoms with Crippen LogP contribution < -0.4 is 10.1 Å². The Morgan fingerprint density at radius 3 is 2.58 bits per heavy atom. The Morgan fingerprint density at radius 1 is 1.15 bits per heavy atom. The number of benzene rings is 2. The first-order valence-electron chi connectivity index (χ1n) is 8.23. The lowest BCUT2D eigenvalue weighted by molar-refractivity contribution is 0.102. The van der Waals surface area contributed by atoms with Crippen molar-refractivity contribution in [2.75, 3.05) is 5.32 Å². The highest BCUT2D eigenvalue weighted by Gasteiger charge is 2.13. The van der Waals surface area contributed by atoms with Crippen LogP contribution >= 0.6 is 11.6 Å². The van der Waals surface area contributed by atoms with E-state index in [0.717, 1.165) is 5.69 Å². The predicted octanol–water partition coefficient (Wildman–Crippen LogP) is 5.05. The molecular formula is C20H18ClN3O2. The third kappa shape index (κ3) is 4.18. The van der Waals surface area contributed by atoms with E-state index in [0.29, 0.717) is 40.0 Å². The van der Waals surface area contributed by atoms with Crippen molar-refractivity contribution in [2.45, 2.75) is 20.3 Å². The van der Waals surface area contributed by atoms with E-state index in [-0.39, 0.29) is 5.91 Å². The number of aromatic nitrogens is 2. The molecule has 0 aliphatic carbocycles. The number of carbonyl (C=O) groups excluding carboxylic acids is 1. The largest absolute Gasteiger partial charge is 0.456 e. The van der Waals surface area contributed by atoms with Crippen LogP contribution in [0.3, 0.4) is 0 Å². The van der Waals surface area contributed by atoms with Crippen LogP contribution in [-0.4, -0.2) is 15.9 Å². The minimum Gasteiger partial charge on any atom is -0.456 e. The van der Waals surface area contributed by atoms with Gasteiger partial charge < -0.3 is 10.1 Å². The van der Waals surface area contributed by atoms with Crippen LogP contribution in [0.2, 0.25) is 5.02 Å². The van der Waals surface area contributed by atoms with Gasteiger partial charge in [-0.1, -0.05) is 30.7 Å². The van der Waals surface area contributed by atoms with E-state index < -0.39 is 0 Å². The van der Waals surface area contributed by atoms with Gasteiger partial charge in [0.05, 0.1) is 16.3 Å². The van der Waals surface area contributed by atoms with Crippen LogP contribution in [0.15, 0.2) is 54.7 Å². The topological polar surface area (TPSA) is 64.1 Å². The molecule has 26 heavy (non-hydrogen) atoms. The second-order valence-corrected chi connectivity index (χ2v) is 6.05. The number of rotatable bonds is 5. The first kappa shape index (κ1) is 17.9. The summed E-state index contributed by atoms with van der Waals surface area (Å²) in [6, 6.07) is 14.3. The summed E-state index contributed by atoms with van der Waals surface area (Å²) in [5.74, 6) is 1.63. The fraction of sp³-hybridized carbons (Fsp3) is 0.150. The molecule has 0 unspecified atom stereocenters. The molecule has 1 N–H and O–H groups in total. The number of hydrogen-bond donors (Lipinski definition) is 1. The van der Waals surface area contributed by atoms with Crippen LogP contribution in [0.5, 0.6) is 11.5 Å². The van der Waals surface area contributed by atoms with E-state index in [4.69, 9.17) is 16.3 Å². The number of amides is 1. The number of halogens is 1. The molecule has 1 amide bonds. The van der Waals surface area contributed by atoms with Gasteiger partial charge in [-0.05, 0) is 49.7 Å². The molecule has 6 heteroatoms. The highest BCUT2D eigenvalue weighted by Crippen LogP contribution is 2.29. The molecule has 3 rings (SSSR count). The summed E-state index contributed by atoms with van der Waals surface area (Å²) in [7, 11) is 0. The van der Waals surface area contributed by atoms with E-state index in [1.807, 2.05) is 19.1 Å². The average Bonchev–Trinajstić information content (AvgIpc) is 2.65. The number of hydrogen-bond acceptors (Lipinski definition) is 4. The van der Waals surface area contributed by atoms with Crippen molar-refractivity contribution < 1.29 is 9.53 Å². The van der Waals surface area contributed by atoms with Gasteiger partial charge >= 0.3 is 0 Å². The smallest absolute Gasteiger partial charge is 0.259 e. The Hall–Kier alpha value is -2.92. The molecule has 1 aromatic heterocycles. The van der Waals surface area contributed by atoms with E-state index >= 15 is 0 Å². The Kier molecular flexibility index (Phi) is 5.49. The van der Waals surface area contributed by atoms with Crippen molar-refractivity contribution in [1.82, 2.24) is 9.97 Å². The SMILES string of the molecule is CCc1nc(C)ncc1C(=O)Nc1ccc(Oc2ccccc2Cl)cc1. The number of para-hydroxylation sites is 1. The maximum Gasteiger partial charge on any atom is 0.259 e. The van der Waals surface area contributed by atoms with Gasteiger partial charge in [-0.25, -0.2) is 9.97 Å². The molecule has 0 radical (unpaired) electrons. The Morgan fingerprint density at radius 2 is 1.88 bits per heavy atom. The summed E-state index contributed by atoms with van der Waals surface area (Å²) in [5.41, 5.74) is 1.87. The average molecular weight is 368 g/mol. The van der Waals surface area contributed by atoms with Gasteiger partial charge in [-0.2, -0.15) is 0 Å². The maximum atomic E-state index is 12.5. The molecule has 0 saturated heterocycles. The fourth-order valence-corrected chi connectivity index (χ4v) is 2.61. The van der Waals surface area contributed by atoms with Crippen molar-refractivity contribution in [1.29, 1.82) is 0 Å². The minimum absolute atomic E-state index is 0.235.